The summed E-state index contributed by atoms with van der Waals surface area (Å²) in [6, 6.07) is 7.47. The second-order valence-electron chi connectivity index (χ2n) is 7.10. The van der Waals surface area contributed by atoms with Gasteiger partial charge in [0.1, 0.15) is 18.9 Å². The van der Waals surface area contributed by atoms with Crippen LogP contribution in [0, 0.1) is 13.8 Å². The number of nitrogens with one attached hydrogen (secondary N) is 1. The number of fused-ring (bicyclic) bond motifs is 1. The SMILES string of the molecule is CCN(CC1COc2ccccc2O1)C(=O)c1[nH]c(C)c(C(=O)OCCOC)c1C. The van der Waals surface area contributed by atoms with E-state index in [1.807, 2.05) is 31.2 Å². The number of amides is 1. The van der Waals surface area contributed by atoms with E-state index in [9.17, 15) is 9.59 Å². The molecule has 0 radical (unpaired) electrons. The van der Waals surface area contributed by atoms with Crippen molar-refractivity contribution in [2.24, 2.45) is 0 Å². The van der Waals surface area contributed by atoms with Gasteiger partial charge in [0.2, 0.25) is 0 Å². The minimum absolute atomic E-state index is 0.157. The Hall–Kier alpha value is -3.00. The van der Waals surface area contributed by atoms with Gasteiger partial charge < -0.3 is 28.8 Å². The van der Waals surface area contributed by atoms with E-state index < -0.39 is 5.97 Å². The van der Waals surface area contributed by atoms with Crippen LogP contribution in [0.4, 0.5) is 0 Å². The molecule has 2 aromatic rings. The second-order valence-corrected chi connectivity index (χ2v) is 7.10. The van der Waals surface area contributed by atoms with E-state index in [0.717, 1.165) is 0 Å². The van der Waals surface area contributed by atoms with Gasteiger partial charge in [0.25, 0.3) is 5.91 Å². The molecule has 0 spiro atoms. The zero-order valence-corrected chi connectivity index (χ0v) is 17.8. The zero-order chi connectivity index (χ0) is 21.7. The number of hydrogen-bond acceptors (Lipinski definition) is 6. The van der Waals surface area contributed by atoms with E-state index in [-0.39, 0.29) is 18.6 Å². The highest BCUT2D eigenvalue weighted by Crippen LogP contribution is 2.31. The molecule has 1 aliphatic rings. The number of ether oxygens (including phenoxy) is 4. The molecule has 1 aliphatic heterocycles. The Bertz CT molecular complexity index is 907. The quantitative estimate of drug-likeness (QED) is 0.526. The number of para-hydroxylation sites is 2. The number of carbonyl (C=O) groups is 2. The Balaban J connectivity index is 1.71. The fraction of sp³-hybridized carbons (Fsp3) is 0.455. The lowest BCUT2D eigenvalue weighted by Crippen LogP contribution is -2.43. The Kier molecular flexibility index (Phi) is 6.99. The Morgan fingerprint density at radius 1 is 1.20 bits per heavy atom. The van der Waals surface area contributed by atoms with Crippen molar-refractivity contribution in [2.45, 2.75) is 26.9 Å². The number of nitrogens with zero attached hydrogens (tertiary/aromatic N) is 1. The first-order valence-electron chi connectivity index (χ1n) is 9.99. The molecule has 3 rings (SSSR count). The van der Waals surface area contributed by atoms with Crippen molar-refractivity contribution in [3.8, 4) is 11.5 Å². The first kappa shape index (κ1) is 21.7. The summed E-state index contributed by atoms with van der Waals surface area (Å²) in [7, 11) is 1.54. The van der Waals surface area contributed by atoms with Gasteiger partial charge in [0.15, 0.2) is 17.6 Å². The van der Waals surface area contributed by atoms with Crippen LogP contribution in [0.1, 0.15) is 39.0 Å². The average Bonchev–Trinajstić information content (AvgIpc) is 3.05. The van der Waals surface area contributed by atoms with Crippen molar-refractivity contribution in [1.82, 2.24) is 9.88 Å². The van der Waals surface area contributed by atoms with Gasteiger partial charge in [-0.1, -0.05) is 12.1 Å². The summed E-state index contributed by atoms with van der Waals surface area (Å²) in [5.74, 6) is 0.707. The summed E-state index contributed by atoms with van der Waals surface area (Å²) in [6.07, 6.45) is -0.279. The van der Waals surface area contributed by atoms with Crippen LogP contribution in [0.2, 0.25) is 0 Å². The van der Waals surface area contributed by atoms with Crippen molar-refractivity contribution >= 4 is 11.9 Å². The summed E-state index contributed by atoms with van der Waals surface area (Å²) in [6.45, 7) is 7.10. The van der Waals surface area contributed by atoms with Gasteiger partial charge in [0, 0.05) is 19.3 Å². The van der Waals surface area contributed by atoms with Gasteiger partial charge in [0.05, 0.1) is 18.7 Å². The third kappa shape index (κ3) is 4.59. The number of likely N-dealkylation sites (N-methyl/N-ethyl adjacent to an activating group) is 1. The molecule has 1 atom stereocenters. The fourth-order valence-corrected chi connectivity index (χ4v) is 3.47. The summed E-state index contributed by atoms with van der Waals surface area (Å²) in [5.41, 5.74) is 1.94. The lowest BCUT2D eigenvalue weighted by atomic mass is 10.1. The van der Waals surface area contributed by atoms with Crippen molar-refractivity contribution in [3.63, 3.8) is 0 Å². The highest BCUT2D eigenvalue weighted by Gasteiger charge is 2.29. The van der Waals surface area contributed by atoms with E-state index in [2.05, 4.69) is 4.98 Å². The number of methoxy groups -OCH3 is 1. The fourth-order valence-electron chi connectivity index (χ4n) is 3.47. The Morgan fingerprint density at radius 3 is 2.63 bits per heavy atom. The van der Waals surface area contributed by atoms with Gasteiger partial charge in [-0.25, -0.2) is 4.79 Å². The molecule has 1 aromatic carbocycles. The minimum Gasteiger partial charge on any atom is -0.486 e. The predicted octanol–water partition coefficient (Wildman–Crippen LogP) is 2.74. The second kappa shape index (κ2) is 9.67. The maximum atomic E-state index is 13.2. The standard InChI is InChI=1S/C22H28N2O6/c1-5-24(12-16-13-29-17-8-6-7-9-18(17)30-16)21(25)20-14(2)19(15(3)23-20)22(26)28-11-10-27-4/h6-9,16,23H,5,10-13H2,1-4H3. The van der Waals surface area contributed by atoms with Crippen LogP contribution in [0.3, 0.4) is 0 Å². The van der Waals surface area contributed by atoms with Crippen LogP contribution in [0.5, 0.6) is 11.5 Å². The first-order chi connectivity index (χ1) is 14.5. The third-order valence-corrected chi connectivity index (χ3v) is 5.04. The minimum atomic E-state index is -0.471. The molecule has 1 amide bonds. The van der Waals surface area contributed by atoms with Crippen molar-refractivity contribution in [3.05, 3.63) is 46.8 Å². The third-order valence-electron chi connectivity index (χ3n) is 5.04. The monoisotopic (exact) mass is 416 g/mol. The van der Waals surface area contributed by atoms with Crippen molar-refractivity contribution in [2.75, 3.05) is 40.0 Å². The van der Waals surface area contributed by atoms with Gasteiger partial charge in [-0.3, -0.25) is 4.79 Å². The highest BCUT2D eigenvalue weighted by molar-refractivity contribution is 6.00. The van der Waals surface area contributed by atoms with Gasteiger partial charge in [-0.2, -0.15) is 0 Å². The molecular formula is C22H28N2O6. The number of carbonyl (C=O) groups excluding carboxylic acids is 2. The Labute approximate surface area is 176 Å². The first-order valence-corrected chi connectivity index (χ1v) is 9.99. The van der Waals surface area contributed by atoms with Crippen molar-refractivity contribution < 1.29 is 28.5 Å². The van der Waals surface area contributed by atoms with Crippen LogP contribution >= 0.6 is 0 Å². The van der Waals surface area contributed by atoms with Crippen LogP contribution < -0.4 is 9.47 Å². The number of aromatic amines is 1. The molecule has 162 valence electrons. The number of esters is 1. The van der Waals surface area contributed by atoms with Crippen molar-refractivity contribution in [1.29, 1.82) is 0 Å². The van der Waals surface area contributed by atoms with E-state index in [0.29, 0.717) is 60.3 Å². The average molecular weight is 416 g/mol. The largest absolute Gasteiger partial charge is 0.486 e. The van der Waals surface area contributed by atoms with Crippen LogP contribution in [0.25, 0.3) is 0 Å². The lowest BCUT2D eigenvalue weighted by Gasteiger charge is -2.30. The smallest absolute Gasteiger partial charge is 0.340 e. The van der Waals surface area contributed by atoms with Gasteiger partial charge in [-0.05, 0) is 38.5 Å². The maximum Gasteiger partial charge on any atom is 0.340 e. The molecule has 1 N–H and O–H groups in total. The van der Waals surface area contributed by atoms with Crippen LogP contribution in [0.15, 0.2) is 24.3 Å². The topological polar surface area (TPSA) is 90.1 Å². The molecule has 8 heteroatoms. The number of aromatic nitrogens is 1. The van der Waals surface area contributed by atoms with Crippen LogP contribution in [-0.2, 0) is 9.47 Å². The van der Waals surface area contributed by atoms with Gasteiger partial charge in [-0.15, -0.1) is 0 Å². The summed E-state index contributed by atoms with van der Waals surface area (Å²) in [5, 5.41) is 0. The Morgan fingerprint density at radius 2 is 1.93 bits per heavy atom. The number of aryl methyl sites for hydroxylation is 1. The zero-order valence-electron chi connectivity index (χ0n) is 17.8. The molecular weight excluding hydrogens is 388 g/mol. The lowest BCUT2D eigenvalue weighted by molar-refractivity contribution is 0.0386. The number of H-pyrrole nitrogens is 1. The normalized spacial score (nSPS) is 15.0. The number of hydrogen-bond donors (Lipinski definition) is 1. The van der Waals surface area contributed by atoms with E-state index in [1.165, 1.54) is 7.11 Å². The molecule has 0 saturated carbocycles. The van der Waals surface area contributed by atoms with Crippen LogP contribution in [-0.4, -0.2) is 67.9 Å². The summed E-state index contributed by atoms with van der Waals surface area (Å²) < 4.78 is 21.9. The molecule has 1 unspecified atom stereocenters. The predicted molar refractivity (Wildman–Crippen MR) is 110 cm³/mol. The molecule has 0 saturated heterocycles. The van der Waals surface area contributed by atoms with E-state index in [1.54, 1.807) is 18.7 Å². The molecule has 0 fully saturated rings. The molecule has 2 heterocycles. The van der Waals surface area contributed by atoms with Gasteiger partial charge >= 0.3 is 5.97 Å². The van der Waals surface area contributed by atoms with E-state index in [4.69, 9.17) is 18.9 Å². The molecule has 8 nitrogen and oxygen atoms in total. The maximum absolute atomic E-state index is 13.2. The molecule has 0 bridgehead atoms. The molecule has 30 heavy (non-hydrogen) atoms. The highest BCUT2D eigenvalue weighted by atomic mass is 16.6. The molecule has 0 aliphatic carbocycles. The number of rotatable bonds is 8. The summed E-state index contributed by atoms with van der Waals surface area (Å²) >= 11 is 0. The number of benzene rings is 1. The van der Waals surface area contributed by atoms with E-state index >= 15 is 0 Å². The summed E-state index contributed by atoms with van der Waals surface area (Å²) in [4.78, 5) is 30.3. The molecule has 1 aromatic heterocycles.